The number of halogens is 1. The van der Waals surface area contributed by atoms with E-state index in [2.05, 4.69) is 36.0 Å². The maximum absolute atomic E-state index is 11.7. The Bertz CT molecular complexity index is 814. The van der Waals surface area contributed by atoms with Crippen molar-refractivity contribution in [2.75, 3.05) is 11.9 Å². The molecule has 2 heterocycles. The number of rotatable bonds is 6. The van der Waals surface area contributed by atoms with E-state index in [1.54, 1.807) is 10.7 Å². The van der Waals surface area contributed by atoms with E-state index in [4.69, 9.17) is 4.74 Å². The van der Waals surface area contributed by atoms with Crippen LogP contribution in [0.5, 0.6) is 5.88 Å². The summed E-state index contributed by atoms with van der Waals surface area (Å²) in [6, 6.07) is 7.49. The zero-order valence-corrected chi connectivity index (χ0v) is 14.0. The number of nitrogens with zero attached hydrogens (tertiary/aromatic N) is 3. The average Bonchev–Trinajstić information content (AvgIpc) is 3.12. The van der Waals surface area contributed by atoms with Crippen LogP contribution in [0.2, 0.25) is 0 Å². The molecule has 1 aromatic carbocycles. The fourth-order valence-electron chi connectivity index (χ4n) is 2.20. The van der Waals surface area contributed by atoms with Crippen LogP contribution in [-0.4, -0.2) is 27.5 Å². The van der Waals surface area contributed by atoms with E-state index in [1.165, 1.54) is 6.26 Å². The second-order valence-corrected chi connectivity index (χ2v) is 5.89. The summed E-state index contributed by atoms with van der Waals surface area (Å²) in [5, 5.41) is 11.6. The fraction of sp³-hybridized carbons (Fsp3) is 0.267. The van der Waals surface area contributed by atoms with Crippen molar-refractivity contribution in [1.29, 1.82) is 0 Å². The van der Waals surface area contributed by atoms with Crippen LogP contribution in [-0.2, 0) is 11.8 Å². The van der Waals surface area contributed by atoms with Crippen molar-refractivity contribution < 1.29 is 14.1 Å². The Balaban J connectivity index is 1.53. The molecule has 0 saturated heterocycles. The number of aromatic nitrogens is 3. The smallest absolute Gasteiger partial charge is 0.240 e. The highest BCUT2D eigenvalue weighted by Crippen LogP contribution is 2.27. The van der Waals surface area contributed by atoms with Gasteiger partial charge in [-0.2, -0.15) is 0 Å². The summed E-state index contributed by atoms with van der Waals surface area (Å²) in [6.07, 6.45) is 2.32. The first-order chi connectivity index (χ1) is 11.1. The minimum atomic E-state index is -0.129. The Hall–Kier alpha value is -2.35. The van der Waals surface area contributed by atoms with Crippen LogP contribution >= 0.6 is 15.9 Å². The molecular formula is C15H15BrN4O3. The first-order valence-electron chi connectivity index (χ1n) is 7.09. The Kier molecular flexibility index (Phi) is 4.61. The Labute approximate surface area is 140 Å². The molecule has 1 amide bonds. The van der Waals surface area contributed by atoms with Gasteiger partial charge in [-0.3, -0.25) is 9.48 Å². The van der Waals surface area contributed by atoms with E-state index in [1.807, 2.05) is 25.2 Å². The number of benzene rings is 1. The zero-order valence-electron chi connectivity index (χ0n) is 12.5. The van der Waals surface area contributed by atoms with E-state index in [-0.39, 0.29) is 5.91 Å². The van der Waals surface area contributed by atoms with Crippen molar-refractivity contribution in [3.8, 4) is 5.88 Å². The number of aryl methyl sites for hydroxylation is 1. The van der Waals surface area contributed by atoms with E-state index in [0.717, 1.165) is 15.4 Å². The number of ether oxygens (including phenoxy) is 1. The highest BCUT2D eigenvalue weighted by molar-refractivity contribution is 9.10. The number of carbonyl (C=O) groups excluding carboxylic acids is 1. The van der Waals surface area contributed by atoms with Crippen LogP contribution < -0.4 is 10.1 Å². The topological polar surface area (TPSA) is 82.2 Å². The summed E-state index contributed by atoms with van der Waals surface area (Å²) in [5.74, 6) is 0.855. The van der Waals surface area contributed by atoms with Gasteiger partial charge in [0, 0.05) is 24.0 Å². The maximum atomic E-state index is 11.7. The first-order valence-corrected chi connectivity index (χ1v) is 7.88. The molecule has 0 aliphatic rings. The highest BCUT2D eigenvalue weighted by atomic mass is 79.9. The van der Waals surface area contributed by atoms with Gasteiger partial charge in [-0.05, 0) is 24.6 Å². The third-order valence-corrected chi connectivity index (χ3v) is 3.76. The molecular weight excluding hydrogens is 364 g/mol. The number of hydrogen-bond acceptors (Lipinski definition) is 5. The number of nitrogens with one attached hydrogen (secondary N) is 1. The number of carbonyl (C=O) groups is 1. The average molecular weight is 379 g/mol. The molecule has 7 nitrogen and oxygen atoms in total. The maximum Gasteiger partial charge on any atom is 0.240 e. The normalized spacial score (nSPS) is 10.9. The lowest BCUT2D eigenvalue weighted by atomic mass is 10.2. The van der Waals surface area contributed by atoms with E-state index in [9.17, 15) is 4.79 Å². The predicted octanol–water partition coefficient (Wildman–Crippen LogP) is 3.12. The van der Waals surface area contributed by atoms with Gasteiger partial charge in [0.25, 0.3) is 0 Å². The molecule has 0 fully saturated rings. The second kappa shape index (κ2) is 6.82. The van der Waals surface area contributed by atoms with Gasteiger partial charge in [-0.1, -0.05) is 21.1 Å². The molecule has 8 heteroatoms. The standard InChI is InChI=1S/C15H15BrN4O3/c1-20-12-5-4-10(16)9-11(12)15(18-20)22-7-2-3-14(21)17-13-6-8-23-19-13/h4-6,8-9H,2-3,7H2,1H3,(H,17,19,21). The number of amides is 1. The van der Waals surface area contributed by atoms with Crippen LogP contribution in [0, 0.1) is 0 Å². The Morgan fingerprint density at radius 1 is 1.43 bits per heavy atom. The largest absolute Gasteiger partial charge is 0.476 e. The van der Waals surface area contributed by atoms with Gasteiger partial charge >= 0.3 is 0 Å². The van der Waals surface area contributed by atoms with Crippen LogP contribution in [0.3, 0.4) is 0 Å². The minimum Gasteiger partial charge on any atom is -0.476 e. The lowest BCUT2D eigenvalue weighted by Crippen LogP contribution is -2.13. The molecule has 0 bridgehead atoms. The quantitative estimate of drug-likeness (QED) is 0.666. The summed E-state index contributed by atoms with van der Waals surface area (Å²) in [7, 11) is 1.87. The van der Waals surface area contributed by atoms with Gasteiger partial charge in [-0.25, -0.2) is 0 Å². The second-order valence-electron chi connectivity index (χ2n) is 4.98. The van der Waals surface area contributed by atoms with Crippen LogP contribution in [0.1, 0.15) is 12.8 Å². The molecule has 0 unspecified atom stereocenters. The fourth-order valence-corrected chi connectivity index (χ4v) is 2.56. The predicted molar refractivity (Wildman–Crippen MR) is 88.3 cm³/mol. The van der Waals surface area contributed by atoms with Gasteiger partial charge < -0.3 is 14.6 Å². The van der Waals surface area contributed by atoms with Gasteiger partial charge in [0.15, 0.2) is 5.82 Å². The van der Waals surface area contributed by atoms with Crippen molar-refractivity contribution >= 4 is 38.6 Å². The van der Waals surface area contributed by atoms with E-state index in [0.29, 0.717) is 31.1 Å². The van der Waals surface area contributed by atoms with Crippen LogP contribution in [0.25, 0.3) is 10.9 Å². The lowest BCUT2D eigenvalue weighted by Gasteiger charge is -2.04. The molecule has 1 N–H and O–H groups in total. The molecule has 3 aromatic rings. The van der Waals surface area contributed by atoms with E-state index < -0.39 is 0 Å². The van der Waals surface area contributed by atoms with Crippen molar-refractivity contribution in [3.63, 3.8) is 0 Å². The van der Waals surface area contributed by atoms with Gasteiger partial charge in [0.1, 0.15) is 6.26 Å². The Morgan fingerprint density at radius 3 is 3.09 bits per heavy atom. The van der Waals surface area contributed by atoms with Crippen LogP contribution in [0.4, 0.5) is 5.82 Å². The third-order valence-electron chi connectivity index (χ3n) is 3.27. The van der Waals surface area contributed by atoms with Gasteiger partial charge in [0.2, 0.25) is 11.8 Å². The minimum absolute atomic E-state index is 0.129. The summed E-state index contributed by atoms with van der Waals surface area (Å²) in [6.45, 7) is 0.408. The first kappa shape index (κ1) is 15.5. The highest BCUT2D eigenvalue weighted by Gasteiger charge is 2.10. The molecule has 0 atom stereocenters. The third kappa shape index (κ3) is 3.70. The number of fused-ring (bicyclic) bond motifs is 1. The molecule has 3 rings (SSSR count). The van der Waals surface area contributed by atoms with Gasteiger partial charge in [0.05, 0.1) is 17.5 Å². The zero-order chi connectivity index (χ0) is 16.2. The molecule has 0 radical (unpaired) electrons. The van der Waals surface area contributed by atoms with Crippen LogP contribution in [0.15, 0.2) is 39.5 Å². The monoisotopic (exact) mass is 378 g/mol. The summed E-state index contributed by atoms with van der Waals surface area (Å²) >= 11 is 3.45. The lowest BCUT2D eigenvalue weighted by molar-refractivity contribution is -0.116. The molecule has 23 heavy (non-hydrogen) atoms. The molecule has 120 valence electrons. The molecule has 2 aromatic heterocycles. The van der Waals surface area contributed by atoms with Gasteiger partial charge in [-0.15, -0.1) is 5.10 Å². The summed E-state index contributed by atoms with van der Waals surface area (Å²) in [4.78, 5) is 11.7. The number of hydrogen-bond donors (Lipinski definition) is 1. The molecule has 0 saturated carbocycles. The molecule has 0 aliphatic carbocycles. The summed E-state index contributed by atoms with van der Waals surface area (Å²) < 4.78 is 13.1. The van der Waals surface area contributed by atoms with Crippen molar-refractivity contribution in [2.45, 2.75) is 12.8 Å². The van der Waals surface area contributed by atoms with Crippen molar-refractivity contribution in [2.24, 2.45) is 7.05 Å². The Morgan fingerprint density at radius 2 is 2.30 bits per heavy atom. The number of anilines is 1. The molecule has 0 spiro atoms. The summed E-state index contributed by atoms with van der Waals surface area (Å²) in [5.41, 5.74) is 0.993. The van der Waals surface area contributed by atoms with Crippen molar-refractivity contribution in [1.82, 2.24) is 14.9 Å². The molecule has 0 aliphatic heterocycles. The SMILES string of the molecule is Cn1nc(OCCCC(=O)Nc2ccon2)c2cc(Br)ccc21. The van der Waals surface area contributed by atoms with E-state index >= 15 is 0 Å². The van der Waals surface area contributed by atoms with Crippen molar-refractivity contribution in [3.05, 3.63) is 35.0 Å².